The molecule has 1 N–H and O–H groups in total. The average molecular weight is 276 g/mol. The van der Waals surface area contributed by atoms with E-state index in [0.717, 1.165) is 43.0 Å². The zero-order valence-corrected chi connectivity index (χ0v) is 11.9. The van der Waals surface area contributed by atoms with Gasteiger partial charge in [-0.1, -0.05) is 0 Å². The number of aryl methyl sites for hydroxylation is 1. The van der Waals surface area contributed by atoms with E-state index < -0.39 is 0 Å². The van der Waals surface area contributed by atoms with Gasteiger partial charge in [0, 0.05) is 37.9 Å². The van der Waals surface area contributed by atoms with Crippen molar-refractivity contribution >= 4 is 5.65 Å². The van der Waals surface area contributed by atoms with Crippen molar-refractivity contribution in [3.8, 4) is 0 Å². The van der Waals surface area contributed by atoms with Gasteiger partial charge in [-0.3, -0.25) is 4.79 Å². The summed E-state index contributed by atoms with van der Waals surface area (Å²) in [6.45, 7) is 2.44. The van der Waals surface area contributed by atoms with Crippen molar-refractivity contribution in [2.24, 2.45) is 7.05 Å². The van der Waals surface area contributed by atoms with Gasteiger partial charge in [0.05, 0.1) is 12.3 Å². The Morgan fingerprint density at radius 3 is 2.85 bits per heavy atom. The molecule has 2 aromatic rings. The molecule has 0 spiro atoms. The molecule has 6 nitrogen and oxygen atoms in total. The number of nitrogens with zero attached hydrogens (tertiary/aromatic N) is 3. The van der Waals surface area contributed by atoms with E-state index in [4.69, 9.17) is 4.74 Å². The monoisotopic (exact) mass is 276 g/mol. The molecule has 0 saturated carbocycles. The Labute approximate surface area is 117 Å². The molecule has 1 saturated heterocycles. The van der Waals surface area contributed by atoms with Crippen molar-refractivity contribution in [2.75, 3.05) is 20.2 Å². The third kappa shape index (κ3) is 2.25. The van der Waals surface area contributed by atoms with Crippen LogP contribution < -0.4 is 10.9 Å². The van der Waals surface area contributed by atoms with Gasteiger partial charge < -0.3 is 14.6 Å². The zero-order chi connectivity index (χ0) is 14.1. The van der Waals surface area contributed by atoms with Crippen LogP contribution in [0.25, 0.3) is 5.65 Å². The molecular weight excluding hydrogens is 256 g/mol. The molecule has 6 heteroatoms. The van der Waals surface area contributed by atoms with Crippen LogP contribution in [0.5, 0.6) is 0 Å². The average Bonchev–Trinajstić information content (AvgIpc) is 2.89. The third-order valence-electron chi connectivity index (χ3n) is 4.00. The number of piperidine rings is 1. The number of hydrogen-bond acceptors (Lipinski definition) is 4. The molecule has 1 fully saturated rings. The Morgan fingerprint density at radius 2 is 2.15 bits per heavy atom. The fourth-order valence-electron chi connectivity index (χ4n) is 2.96. The number of nitrogens with one attached hydrogen (secondary N) is 1. The highest BCUT2D eigenvalue weighted by Gasteiger charge is 2.20. The first kappa shape index (κ1) is 13.3. The van der Waals surface area contributed by atoms with Gasteiger partial charge in [0.1, 0.15) is 5.65 Å². The minimum Gasteiger partial charge on any atom is -0.378 e. The second-order valence-corrected chi connectivity index (χ2v) is 5.33. The van der Waals surface area contributed by atoms with Crippen LogP contribution in [0.1, 0.15) is 30.1 Å². The van der Waals surface area contributed by atoms with Gasteiger partial charge in [-0.2, -0.15) is 9.61 Å². The highest BCUT2D eigenvalue weighted by Crippen LogP contribution is 2.24. The van der Waals surface area contributed by atoms with Crippen molar-refractivity contribution in [1.29, 1.82) is 0 Å². The van der Waals surface area contributed by atoms with Gasteiger partial charge in [-0.15, -0.1) is 0 Å². The molecule has 3 rings (SSSR count). The summed E-state index contributed by atoms with van der Waals surface area (Å²) in [6.07, 6.45) is 2.14. The lowest BCUT2D eigenvalue weighted by Crippen LogP contribution is -2.29. The normalized spacial score (nSPS) is 16.9. The van der Waals surface area contributed by atoms with Gasteiger partial charge in [0.15, 0.2) is 0 Å². The van der Waals surface area contributed by atoms with Crippen molar-refractivity contribution in [3.63, 3.8) is 0 Å². The summed E-state index contributed by atoms with van der Waals surface area (Å²) in [5, 5.41) is 7.65. The van der Waals surface area contributed by atoms with Crippen molar-refractivity contribution < 1.29 is 4.74 Å². The molecule has 0 bridgehead atoms. The first-order valence-electron chi connectivity index (χ1n) is 6.99. The number of fused-ring (bicyclic) bond motifs is 1. The standard InChI is InChI=1S/C14H20N4O2/c1-17-12(10-3-5-15-6-4-10)8-14(19)18-13(17)7-11(16-18)9-20-2/h7-8,10,15H,3-6,9H2,1-2H3. The molecule has 2 aromatic heterocycles. The summed E-state index contributed by atoms with van der Waals surface area (Å²) >= 11 is 0. The lowest BCUT2D eigenvalue weighted by Gasteiger charge is -2.25. The van der Waals surface area contributed by atoms with E-state index in [0.29, 0.717) is 12.5 Å². The van der Waals surface area contributed by atoms with Gasteiger partial charge in [-0.25, -0.2) is 0 Å². The number of hydrogen-bond donors (Lipinski definition) is 1. The Kier molecular flexibility index (Phi) is 3.58. The van der Waals surface area contributed by atoms with E-state index in [2.05, 4.69) is 15.0 Å². The van der Waals surface area contributed by atoms with E-state index in [9.17, 15) is 4.79 Å². The maximum atomic E-state index is 12.2. The second kappa shape index (κ2) is 5.38. The van der Waals surface area contributed by atoms with Crippen LogP contribution in [0.4, 0.5) is 0 Å². The van der Waals surface area contributed by atoms with Gasteiger partial charge >= 0.3 is 0 Å². The summed E-state index contributed by atoms with van der Waals surface area (Å²) in [5.41, 5.74) is 2.66. The molecule has 0 amide bonds. The number of ether oxygens (including phenoxy) is 1. The molecule has 1 aliphatic heterocycles. The predicted molar refractivity (Wildman–Crippen MR) is 76.0 cm³/mol. The van der Waals surface area contributed by atoms with Gasteiger partial charge in [-0.05, 0) is 25.9 Å². The van der Waals surface area contributed by atoms with E-state index in [1.54, 1.807) is 13.2 Å². The zero-order valence-electron chi connectivity index (χ0n) is 11.9. The lowest BCUT2D eigenvalue weighted by atomic mass is 9.94. The summed E-state index contributed by atoms with van der Waals surface area (Å²) < 4.78 is 8.63. The van der Waals surface area contributed by atoms with Gasteiger partial charge in [0.25, 0.3) is 5.56 Å². The molecule has 0 atom stereocenters. The molecule has 0 radical (unpaired) electrons. The first-order chi connectivity index (χ1) is 9.70. The highest BCUT2D eigenvalue weighted by molar-refractivity contribution is 5.42. The largest absolute Gasteiger partial charge is 0.378 e. The topological polar surface area (TPSA) is 60.6 Å². The van der Waals surface area contributed by atoms with E-state index in [1.807, 2.05) is 13.1 Å². The summed E-state index contributed by atoms with van der Waals surface area (Å²) in [5.74, 6) is 0.444. The molecule has 3 heterocycles. The second-order valence-electron chi connectivity index (χ2n) is 5.33. The number of rotatable bonds is 3. The maximum absolute atomic E-state index is 12.2. The van der Waals surface area contributed by atoms with Crippen molar-refractivity contribution in [2.45, 2.75) is 25.4 Å². The van der Waals surface area contributed by atoms with E-state index in [1.165, 1.54) is 4.52 Å². The van der Waals surface area contributed by atoms with Crippen LogP contribution in [0.15, 0.2) is 16.9 Å². The number of aromatic nitrogens is 3. The molecule has 1 aliphatic rings. The quantitative estimate of drug-likeness (QED) is 0.894. The van der Waals surface area contributed by atoms with Crippen LogP contribution in [-0.4, -0.2) is 34.4 Å². The van der Waals surface area contributed by atoms with Gasteiger partial charge in [0.2, 0.25) is 0 Å². The Hall–Kier alpha value is -1.66. The summed E-state index contributed by atoms with van der Waals surface area (Å²) in [4.78, 5) is 12.2. The summed E-state index contributed by atoms with van der Waals surface area (Å²) in [6, 6.07) is 3.65. The predicted octanol–water partition coefficient (Wildman–Crippen LogP) is 0.646. The smallest absolute Gasteiger partial charge is 0.274 e. The van der Waals surface area contributed by atoms with E-state index in [-0.39, 0.29) is 5.56 Å². The van der Waals surface area contributed by atoms with Crippen LogP contribution >= 0.6 is 0 Å². The minimum atomic E-state index is -0.0611. The Morgan fingerprint density at radius 1 is 1.40 bits per heavy atom. The first-order valence-corrected chi connectivity index (χ1v) is 6.99. The molecule has 108 valence electrons. The lowest BCUT2D eigenvalue weighted by molar-refractivity contribution is 0.181. The van der Waals surface area contributed by atoms with Crippen LogP contribution in [0.2, 0.25) is 0 Å². The molecule has 0 aliphatic carbocycles. The minimum absolute atomic E-state index is 0.0611. The fraction of sp³-hybridized carbons (Fsp3) is 0.571. The summed E-state index contributed by atoms with van der Waals surface area (Å²) in [7, 11) is 3.63. The van der Waals surface area contributed by atoms with Crippen molar-refractivity contribution in [1.82, 2.24) is 19.5 Å². The molecular formula is C14H20N4O2. The highest BCUT2D eigenvalue weighted by atomic mass is 16.5. The van der Waals surface area contributed by atoms with Crippen LogP contribution in [0, 0.1) is 0 Å². The van der Waals surface area contributed by atoms with Crippen molar-refractivity contribution in [3.05, 3.63) is 33.9 Å². The fourth-order valence-corrected chi connectivity index (χ4v) is 2.96. The number of methoxy groups -OCH3 is 1. The van der Waals surface area contributed by atoms with E-state index >= 15 is 0 Å². The Balaban J connectivity index is 2.09. The van der Waals surface area contributed by atoms with Crippen LogP contribution in [0.3, 0.4) is 0 Å². The SMILES string of the molecule is COCc1cc2n(C)c(C3CCNCC3)cc(=O)n2n1. The molecule has 0 unspecified atom stereocenters. The molecule has 0 aromatic carbocycles. The Bertz CT molecular complexity index is 668. The third-order valence-corrected chi connectivity index (χ3v) is 4.00. The maximum Gasteiger partial charge on any atom is 0.274 e. The molecule has 20 heavy (non-hydrogen) atoms. The van der Waals surface area contributed by atoms with Crippen LogP contribution in [-0.2, 0) is 18.4 Å².